The zero-order valence-corrected chi connectivity index (χ0v) is 11.3. The van der Waals surface area contributed by atoms with E-state index >= 15 is 0 Å². The van der Waals surface area contributed by atoms with Crippen molar-refractivity contribution in [2.45, 2.75) is 6.42 Å². The van der Waals surface area contributed by atoms with Crippen LogP contribution in [0.3, 0.4) is 0 Å². The average molecular weight is 296 g/mol. The highest BCUT2D eigenvalue weighted by Gasteiger charge is 2.13. The number of hydrogen-bond acceptors (Lipinski definition) is 4. The topological polar surface area (TPSA) is 79.3 Å². The van der Waals surface area contributed by atoms with Crippen LogP contribution in [0.5, 0.6) is 5.75 Å². The van der Waals surface area contributed by atoms with Gasteiger partial charge in [0.15, 0.2) is 0 Å². The summed E-state index contributed by atoms with van der Waals surface area (Å²) in [5, 5.41) is 9.46. The Balaban J connectivity index is 2.04. The van der Waals surface area contributed by atoms with Crippen molar-refractivity contribution in [2.75, 3.05) is 10.5 Å². The summed E-state index contributed by atoms with van der Waals surface area (Å²) in [5.74, 6) is -1.27. The molecule has 1 aromatic carbocycles. The van der Waals surface area contributed by atoms with Crippen LogP contribution in [0.2, 0.25) is 0 Å². The molecule has 0 bridgehead atoms. The molecule has 0 saturated heterocycles. The summed E-state index contributed by atoms with van der Waals surface area (Å²) in [4.78, 5) is 4.03. The third kappa shape index (κ3) is 3.92. The molecule has 7 heteroatoms. The van der Waals surface area contributed by atoms with Gasteiger partial charge in [0.2, 0.25) is 10.0 Å². The minimum Gasteiger partial charge on any atom is -0.506 e. The molecule has 0 aliphatic carbocycles. The molecular weight excluding hydrogens is 283 g/mol. The Labute approximate surface area is 116 Å². The number of aromatic hydroxyl groups is 1. The quantitative estimate of drug-likeness (QED) is 0.826. The van der Waals surface area contributed by atoms with Gasteiger partial charge in [0, 0.05) is 24.4 Å². The average Bonchev–Trinajstić information content (AvgIpc) is 2.41. The Morgan fingerprint density at radius 1 is 1.25 bits per heavy atom. The van der Waals surface area contributed by atoms with Crippen LogP contribution >= 0.6 is 0 Å². The number of sulfonamides is 1. The largest absolute Gasteiger partial charge is 0.506 e. The molecular formula is C13H13FN2O3S. The standard InChI is InChI=1S/C13H13FN2O3S/c14-10-4-5-12(13(17)9-10)16-20(18,19)8-6-11-3-1-2-7-15-11/h1-5,7,9,16-17H,6,8H2. The van der Waals surface area contributed by atoms with Gasteiger partial charge in [0.05, 0.1) is 11.4 Å². The lowest BCUT2D eigenvalue weighted by molar-refractivity contribution is 0.471. The number of pyridine rings is 1. The molecule has 0 atom stereocenters. The molecule has 0 saturated carbocycles. The van der Waals surface area contributed by atoms with Crippen LogP contribution in [0.25, 0.3) is 0 Å². The van der Waals surface area contributed by atoms with Crippen molar-refractivity contribution in [1.29, 1.82) is 0 Å². The first-order valence-corrected chi connectivity index (χ1v) is 7.50. The van der Waals surface area contributed by atoms with E-state index in [1.54, 1.807) is 24.4 Å². The van der Waals surface area contributed by atoms with E-state index in [-0.39, 0.29) is 17.9 Å². The van der Waals surface area contributed by atoms with Crippen LogP contribution in [0.15, 0.2) is 42.6 Å². The van der Waals surface area contributed by atoms with E-state index in [0.29, 0.717) is 5.69 Å². The summed E-state index contributed by atoms with van der Waals surface area (Å²) in [6.07, 6.45) is 1.83. The third-order valence-electron chi connectivity index (χ3n) is 2.58. The fraction of sp³-hybridized carbons (Fsp3) is 0.154. The number of phenols is 1. The third-order valence-corrected chi connectivity index (χ3v) is 3.85. The van der Waals surface area contributed by atoms with Gasteiger partial charge in [0.25, 0.3) is 0 Å². The molecule has 106 valence electrons. The number of nitrogens with one attached hydrogen (secondary N) is 1. The number of phenolic OH excluding ortho intramolecular Hbond substituents is 1. The second-order valence-corrected chi connectivity index (χ2v) is 6.00. The number of benzene rings is 1. The van der Waals surface area contributed by atoms with Crippen molar-refractivity contribution in [1.82, 2.24) is 4.98 Å². The van der Waals surface area contributed by atoms with E-state index in [4.69, 9.17) is 0 Å². The van der Waals surface area contributed by atoms with E-state index in [1.165, 1.54) is 6.07 Å². The predicted molar refractivity (Wildman–Crippen MR) is 73.4 cm³/mol. The molecule has 0 aliphatic heterocycles. The lowest BCUT2D eigenvalue weighted by atomic mass is 10.3. The number of hydrogen-bond donors (Lipinski definition) is 2. The summed E-state index contributed by atoms with van der Waals surface area (Å²) in [7, 11) is -3.64. The van der Waals surface area contributed by atoms with Gasteiger partial charge in [-0.2, -0.15) is 0 Å². The number of anilines is 1. The van der Waals surface area contributed by atoms with Crippen LogP contribution in [-0.4, -0.2) is 24.3 Å². The first kappa shape index (κ1) is 14.3. The Morgan fingerprint density at radius 3 is 2.70 bits per heavy atom. The molecule has 0 aliphatic rings. The summed E-state index contributed by atoms with van der Waals surface area (Å²) in [6.45, 7) is 0. The number of halogens is 1. The first-order chi connectivity index (χ1) is 9.46. The highest BCUT2D eigenvalue weighted by atomic mass is 32.2. The van der Waals surface area contributed by atoms with Gasteiger partial charge in [0.1, 0.15) is 11.6 Å². The Kier molecular flexibility index (Phi) is 4.19. The molecule has 2 rings (SSSR count). The molecule has 1 aromatic heterocycles. The molecule has 1 heterocycles. The number of aromatic nitrogens is 1. The van der Waals surface area contributed by atoms with E-state index in [9.17, 15) is 17.9 Å². The normalized spacial score (nSPS) is 11.2. The zero-order chi connectivity index (χ0) is 14.6. The van der Waals surface area contributed by atoms with Crippen LogP contribution in [0, 0.1) is 5.82 Å². The van der Waals surface area contributed by atoms with E-state index in [2.05, 4.69) is 9.71 Å². The molecule has 0 amide bonds. The summed E-state index contributed by atoms with van der Waals surface area (Å²) < 4.78 is 38.7. The summed E-state index contributed by atoms with van der Waals surface area (Å²) in [5.41, 5.74) is 0.605. The highest BCUT2D eigenvalue weighted by molar-refractivity contribution is 7.92. The molecule has 0 radical (unpaired) electrons. The van der Waals surface area contributed by atoms with Gasteiger partial charge in [-0.3, -0.25) is 9.71 Å². The first-order valence-electron chi connectivity index (χ1n) is 5.85. The second kappa shape index (κ2) is 5.87. The number of rotatable bonds is 5. The maximum absolute atomic E-state index is 12.8. The molecule has 0 spiro atoms. The van der Waals surface area contributed by atoms with Gasteiger partial charge in [-0.05, 0) is 24.3 Å². The van der Waals surface area contributed by atoms with Crippen molar-refractivity contribution < 1.29 is 17.9 Å². The Morgan fingerprint density at radius 2 is 2.05 bits per heavy atom. The van der Waals surface area contributed by atoms with Crippen LogP contribution in [0.1, 0.15) is 5.69 Å². The molecule has 5 nitrogen and oxygen atoms in total. The van der Waals surface area contributed by atoms with Crippen LogP contribution in [0.4, 0.5) is 10.1 Å². The molecule has 2 N–H and O–H groups in total. The van der Waals surface area contributed by atoms with Crippen LogP contribution in [-0.2, 0) is 16.4 Å². The van der Waals surface area contributed by atoms with Gasteiger partial charge in [-0.25, -0.2) is 12.8 Å². The molecule has 2 aromatic rings. The fourth-order valence-electron chi connectivity index (χ4n) is 1.59. The molecule has 20 heavy (non-hydrogen) atoms. The van der Waals surface area contributed by atoms with Crippen LogP contribution < -0.4 is 4.72 Å². The number of aryl methyl sites for hydroxylation is 1. The van der Waals surface area contributed by atoms with Gasteiger partial charge in [-0.1, -0.05) is 6.07 Å². The van der Waals surface area contributed by atoms with Gasteiger partial charge >= 0.3 is 0 Å². The lowest BCUT2D eigenvalue weighted by Crippen LogP contribution is -2.18. The zero-order valence-electron chi connectivity index (χ0n) is 10.5. The van der Waals surface area contributed by atoms with Gasteiger partial charge in [-0.15, -0.1) is 0 Å². The highest BCUT2D eigenvalue weighted by Crippen LogP contribution is 2.24. The minimum absolute atomic E-state index is 0.0487. The monoisotopic (exact) mass is 296 g/mol. The van der Waals surface area contributed by atoms with Crippen molar-refractivity contribution in [2.24, 2.45) is 0 Å². The van der Waals surface area contributed by atoms with Crippen molar-refractivity contribution in [3.8, 4) is 5.75 Å². The summed E-state index contributed by atoms with van der Waals surface area (Å²) in [6, 6.07) is 8.32. The van der Waals surface area contributed by atoms with Crippen molar-refractivity contribution in [3.63, 3.8) is 0 Å². The fourth-order valence-corrected chi connectivity index (χ4v) is 2.68. The predicted octanol–water partition coefficient (Wildman–Crippen LogP) is 1.91. The number of nitrogens with zero attached hydrogens (tertiary/aromatic N) is 1. The SMILES string of the molecule is O=S(=O)(CCc1ccccn1)Nc1ccc(F)cc1O. The maximum atomic E-state index is 12.8. The summed E-state index contributed by atoms with van der Waals surface area (Å²) >= 11 is 0. The Bertz CT molecular complexity index is 690. The van der Waals surface area contributed by atoms with Crippen molar-refractivity contribution in [3.05, 3.63) is 54.1 Å². The van der Waals surface area contributed by atoms with E-state index < -0.39 is 21.6 Å². The lowest BCUT2D eigenvalue weighted by Gasteiger charge is -2.09. The Hall–Kier alpha value is -2.15. The molecule has 0 unspecified atom stereocenters. The second-order valence-electron chi connectivity index (χ2n) is 4.15. The smallest absolute Gasteiger partial charge is 0.233 e. The van der Waals surface area contributed by atoms with Gasteiger partial charge < -0.3 is 5.11 Å². The maximum Gasteiger partial charge on any atom is 0.233 e. The molecule has 0 fully saturated rings. The minimum atomic E-state index is -3.64. The van der Waals surface area contributed by atoms with Crippen molar-refractivity contribution >= 4 is 15.7 Å². The van der Waals surface area contributed by atoms with E-state index in [0.717, 1.165) is 12.1 Å². The van der Waals surface area contributed by atoms with E-state index in [1.807, 2.05) is 0 Å².